The predicted molar refractivity (Wildman–Crippen MR) is 152 cm³/mol. The van der Waals surface area contributed by atoms with Crippen molar-refractivity contribution in [3.05, 3.63) is 94.0 Å². The first-order valence-corrected chi connectivity index (χ1v) is 14.2. The maximum Gasteiger partial charge on any atom is 0.264 e. The highest BCUT2D eigenvalue weighted by molar-refractivity contribution is 7.92. The number of hydrogen-bond acceptors (Lipinski definition) is 4. The van der Waals surface area contributed by atoms with Crippen molar-refractivity contribution in [3.8, 4) is 0 Å². The summed E-state index contributed by atoms with van der Waals surface area (Å²) in [5, 5.41) is 3.14. The average molecular weight is 556 g/mol. The van der Waals surface area contributed by atoms with Crippen LogP contribution in [0, 0.1) is 20.8 Å². The van der Waals surface area contributed by atoms with Gasteiger partial charge in [-0.3, -0.25) is 13.9 Å². The zero-order valence-corrected chi connectivity index (χ0v) is 23.9. The van der Waals surface area contributed by atoms with E-state index in [0.29, 0.717) is 11.6 Å². The van der Waals surface area contributed by atoms with Gasteiger partial charge in [0, 0.05) is 18.1 Å². The summed E-state index contributed by atoms with van der Waals surface area (Å²) in [7, 11) is -4.14. The lowest BCUT2D eigenvalue weighted by molar-refractivity contribution is -0.139. The number of likely N-dealkylation sites (N-methyl/N-ethyl adjacent to an activating group) is 1. The van der Waals surface area contributed by atoms with E-state index in [1.165, 1.54) is 23.1 Å². The third-order valence-corrected chi connectivity index (χ3v) is 8.48. The lowest BCUT2D eigenvalue weighted by Gasteiger charge is -2.32. The molecule has 202 valence electrons. The minimum absolute atomic E-state index is 0.0506. The molecule has 7 nitrogen and oxygen atoms in total. The van der Waals surface area contributed by atoms with Gasteiger partial charge in [-0.1, -0.05) is 65.2 Å². The number of halogens is 1. The summed E-state index contributed by atoms with van der Waals surface area (Å²) in [4.78, 5) is 28.1. The van der Waals surface area contributed by atoms with Gasteiger partial charge >= 0.3 is 0 Å². The Balaban J connectivity index is 2.06. The molecule has 0 saturated carbocycles. The van der Waals surface area contributed by atoms with Crippen LogP contribution in [0.3, 0.4) is 0 Å². The van der Waals surface area contributed by atoms with Gasteiger partial charge in [-0.2, -0.15) is 0 Å². The number of benzene rings is 3. The Morgan fingerprint density at radius 1 is 0.947 bits per heavy atom. The van der Waals surface area contributed by atoms with Gasteiger partial charge in [-0.25, -0.2) is 8.42 Å². The first kappa shape index (κ1) is 29.2. The monoisotopic (exact) mass is 555 g/mol. The molecule has 3 aromatic carbocycles. The van der Waals surface area contributed by atoms with E-state index >= 15 is 0 Å². The smallest absolute Gasteiger partial charge is 0.264 e. The van der Waals surface area contributed by atoms with E-state index in [1.807, 2.05) is 45.0 Å². The van der Waals surface area contributed by atoms with Crippen LogP contribution in [0.15, 0.2) is 71.6 Å². The molecule has 0 aliphatic carbocycles. The molecule has 3 rings (SSSR count). The fourth-order valence-electron chi connectivity index (χ4n) is 4.01. The van der Waals surface area contributed by atoms with E-state index in [1.54, 1.807) is 38.1 Å². The molecule has 1 N–H and O–H groups in total. The quantitative estimate of drug-likeness (QED) is 0.381. The number of anilines is 1. The largest absolute Gasteiger partial charge is 0.355 e. The first-order valence-electron chi connectivity index (χ1n) is 12.4. The highest BCUT2D eigenvalue weighted by Gasteiger charge is 2.32. The molecule has 0 aromatic heterocycles. The Morgan fingerprint density at radius 2 is 1.63 bits per heavy atom. The van der Waals surface area contributed by atoms with Gasteiger partial charge in [0.05, 0.1) is 10.6 Å². The highest BCUT2D eigenvalue weighted by Crippen LogP contribution is 2.28. The number of nitrogens with zero attached hydrogens (tertiary/aromatic N) is 2. The van der Waals surface area contributed by atoms with Crippen molar-refractivity contribution in [1.82, 2.24) is 10.2 Å². The molecule has 0 spiro atoms. The van der Waals surface area contributed by atoms with Crippen molar-refractivity contribution in [2.45, 2.75) is 52.1 Å². The highest BCUT2D eigenvalue weighted by atomic mass is 35.5. The number of hydrogen-bond donors (Lipinski definition) is 1. The van der Waals surface area contributed by atoms with Gasteiger partial charge in [0.25, 0.3) is 10.0 Å². The molecule has 0 saturated heterocycles. The number of aryl methyl sites for hydroxylation is 3. The fourth-order valence-corrected chi connectivity index (χ4v) is 5.60. The van der Waals surface area contributed by atoms with E-state index in [2.05, 4.69) is 5.32 Å². The number of sulfonamides is 1. The summed E-state index contributed by atoms with van der Waals surface area (Å²) in [6, 6.07) is 18.1. The van der Waals surface area contributed by atoms with Gasteiger partial charge < -0.3 is 10.2 Å². The lowest BCUT2D eigenvalue weighted by atomic mass is 10.1. The third-order valence-electron chi connectivity index (χ3n) is 6.28. The molecule has 0 bridgehead atoms. The zero-order chi connectivity index (χ0) is 28.0. The average Bonchev–Trinajstić information content (AvgIpc) is 2.87. The standard InChI is InChI=1S/C29H34ClN3O4S/c1-6-31-29(35)23(5)32(18-24-9-7-8-21(3)16-24)28(34)19-33(25-13-12-22(4)27(30)17-25)38(36,37)26-14-10-20(2)11-15-26/h7-17,23H,6,18-19H2,1-5H3,(H,31,35). The van der Waals surface area contributed by atoms with Crippen molar-refractivity contribution in [2.75, 3.05) is 17.4 Å². The van der Waals surface area contributed by atoms with Crippen LogP contribution in [0.5, 0.6) is 0 Å². The van der Waals surface area contributed by atoms with Crippen LogP contribution in [0.2, 0.25) is 5.02 Å². The molecule has 38 heavy (non-hydrogen) atoms. The van der Waals surface area contributed by atoms with Gasteiger partial charge in [0.1, 0.15) is 12.6 Å². The minimum Gasteiger partial charge on any atom is -0.355 e. The maximum absolute atomic E-state index is 13.9. The van der Waals surface area contributed by atoms with Gasteiger partial charge in [-0.05, 0) is 70.0 Å². The van der Waals surface area contributed by atoms with Crippen molar-refractivity contribution < 1.29 is 18.0 Å². The van der Waals surface area contributed by atoms with Gasteiger partial charge in [0.15, 0.2) is 0 Å². The Kier molecular flexibility index (Phi) is 9.57. The summed E-state index contributed by atoms with van der Waals surface area (Å²) in [6.07, 6.45) is 0. The number of amides is 2. The normalized spacial score (nSPS) is 12.1. The second kappa shape index (κ2) is 12.5. The summed E-state index contributed by atoms with van der Waals surface area (Å²) >= 11 is 6.35. The SMILES string of the molecule is CCNC(=O)C(C)N(Cc1cccc(C)c1)C(=O)CN(c1ccc(C)c(Cl)c1)S(=O)(=O)c1ccc(C)cc1. The molecule has 3 aromatic rings. The fraction of sp³-hybridized carbons (Fsp3) is 0.310. The van der Waals surface area contributed by atoms with Crippen LogP contribution in [0.4, 0.5) is 5.69 Å². The molecular weight excluding hydrogens is 522 g/mol. The number of carbonyl (C=O) groups is 2. The van der Waals surface area contributed by atoms with Gasteiger partial charge in [-0.15, -0.1) is 0 Å². The molecule has 0 radical (unpaired) electrons. The van der Waals surface area contributed by atoms with Crippen LogP contribution < -0.4 is 9.62 Å². The van der Waals surface area contributed by atoms with Crippen LogP contribution in [0.25, 0.3) is 0 Å². The maximum atomic E-state index is 13.9. The van der Waals surface area contributed by atoms with Crippen LogP contribution in [-0.4, -0.2) is 44.3 Å². The van der Waals surface area contributed by atoms with Crippen LogP contribution >= 0.6 is 11.6 Å². The topological polar surface area (TPSA) is 86.8 Å². The lowest BCUT2D eigenvalue weighted by Crippen LogP contribution is -2.51. The molecular formula is C29H34ClN3O4S. The minimum atomic E-state index is -4.14. The summed E-state index contributed by atoms with van der Waals surface area (Å²) < 4.78 is 28.7. The molecule has 2 amide bonds. The Morgan fingerprint density at radius 3 is 2.24 bits per heavy atom. The van der Waals surface area contributed by atoms with Crippen LogP contribution in [-0.2, 0) is 26.2 Å². The van der Waals surface area contributed by atoms with E-state index in [0.717, 1.165) is 26.6 Å². The van der Waals surface area contributed by atoms with E-state index in [4.69, 9.17) is 11.6 Å². The Hall–Kier alpha value is -3.36. The predicted octanol–water partition coefficient (Wildman–Crippen LogP) is 5.01. The number of nitrogens with one attached hydrogen (secondary N) is 1. The van der Waals surface area contributed by atoms with E-state index < -0.39 is 28.5 Å². The second-order valence-electron chi connectivity index (χ2n) is 9.34. The molecule has 0 aliphatic rings. The number of rotatable bonds is 10. The first-order chi connectivity index (χ1) is 17.9. The Labute approximate surface area is 230 Å². The molecule has 0 fully saturated rings. The summed E-state index contributed by atoms with van der Waals surface area (Å²) in [5.41, 5.74) is 3.79. The van der Waals surface area contributed by atoms with Crippen LogP contribution in [0.1, 0.15) is 36.1 Å². The molecule has 0 aliphatic heterocycles. The van der Waals surface area contributed by atoms with Crippen molar-refractivity contribution in [3.63, 3.8) is 0 Å². The van der Waals surface area contributed by atoms with Crippen molar-refractivity contribution >= 4 is 39.1 Å². The van der Waals surface area contributed by atoms with E-state index in [-0.39, 0.29) is 23.0 Å². The molecule has 0 heterocycles. The summed E-state index contributed by atoms with van der Waals surface area (Å²) in [5.74, 6) is -0.836. The second-order valence-corrected chi connectivity index (χ2v) is 11.6. The Bertz CT molecular complexity index is 1410. The number of carbonyl (C=O) groups excluding carboxylic acids is 2. The van der Waals surface area contributed by atoms with E-state index in [9.17, 15) is 18.0 Å². The molecule has 9 heteroatoms. The molecule has 1 atom stereocenters. The zero-order valence-electron chi connectivity index (χ0n) is 22.4. The van der Waals surface area contributed by atoms with Crippen molar-refractivity contribution in [1.29, 1.82) is 0 Å². The van der Waals surface area contributed by atoms with Crippen molar-refractivity contribution in [2.24, 2.45) is 0 Å². The molecule has 1 unspecified atom stereocenters. The van der Waals surface area contributed by atoms with Gasteiger partial charge in [0.2, 0.25) is 11.8 Å². The third kappa shape index (κ3) is 6.94. The summed E-state index contributed by atoms with van der Waals surface area (Å²) in [6.45, 7) is 9.11.